The quantitative estimate of drug-likeness (QED) is 0.646. The van der Waals surface area contributed by atoms with E-state index in [9.17, 15) is 21.6 Å². The molecule has 1 aromatic carbocycles. The zero-order chi connectivity index (χ0) is 18.8. The monoisotopic (exact) mass is 400 g/mol. The van der Waals surface area contributed by atoms with Crippen LogP contribution in [0.25, 0.3) is 0 Å². The average Bonchev–Trinajstić information content (AvgIpc) is 3.27. The third-order valence-electron chi connectivity index (χ3n) is 3.74. The predicted octanol–water partition coefficient (Wildman–Crippen LogP) is 4.36. The Morgan fingerprint density at radius 3 is 2.42 bits per heavy atom. The molecule has 0 fully saturated rings. The minimum atomic E-state index is -4.63. The molecule has 1 atom stereocenters. The largest absolute Gasteiger partial charge is 0.431 e. The number of thiophene rings is 1. The van der Waals surface area contributed by atoms with Crippen LogP contribution in [-0.2, 0) is 22.6 Å². The molecule has 138 valence electrons. The molecule has 0 radical (unpaired) electrons. The number of hydrogen-bond donors (Lipinski definition) is 2. The number of aromatic amines is 1. The molecule has 0 saturated heterocycles. The van der Waals surface area contributed by atoms with E-state index in [1.807, 2.05) is 40.7 Å². The van der Waals surface area contributed by atoms with Gasteiger partial charge in [-0.15, -0.1) is 11.3 Å². The van der Waals surface area contributed by atoms with Crippen LogP contribution in [0.15, 0.2) is 65.0 Å². The molecule has 0 aliphatic heterocycles. The molecule has 0 bridgehead atoms. The first-order valence-corrected chi connectivity index (χ1v) is 9.97. The number of alkyl halides is 3. The molecule has 0 aliphatic rings. The maximum Gasteiger partial charge on any atom is 0.431 e. The standard InChI is InChI=1S/C17H15F3N2O2S2/c18-17(19,20)16-10-13(11-21-16)26(23,24)22-14(15-7-4-8-25-15)9-12-5-2-1-3-6-12/h1-8,10-11,14,21-22H,9H2. The van der Waals surface area contributed by atoms with Crippen molar-refractivity contribution >= 4 is 21.4 Å². The van der Waals surface area contributed by atoms with Gasteiger partial charge in [-0.05, 0) is 29.5 Å². The minimum absolute atomic E-state index is 0.386. The molecular formula is C17H15F3N2O2S2. The van der Waals surface area contributed by atoms with Crippen LogP contribution >= 0.6 is 11.3 Å². The van der Waals surface area contributed by atoms with Crippen molar-refractivity contribution in [2.24, 2.45) is 0 Å². The fourth-order valence-electron chi connectivity index (χ4n) is 2.49. The van der Waals surface area contributed by atoms with E-state index in [-0.39, 0.29) is 0 Å². The molecule has 2 heterocycles. The number of halogens is 3. The Morgan fingerprint density at radius 1 is 1.12 bits per heavy atom. The van der Waals surface area contributed by atoms with E-state index < -0.39 is 32.8 Å². The van der Waals surface area contributed by atoms with Gasteiger partial charge < -0.3 is 4.98 Å². The highest BCUT2D eigenvalue weighted by Crippen LogP contribution is 2.30. The highest BCUT2D eigenvalue weighted by molar-refractivity contribution is 7.89. The lowest BCUT2D eigenvalue weighted by atomic mass is 10.1. The molecule has 4 nitrogen and oxygen atoms in total. The van der Waals surface area contributed by atoms with E-state index in [2.05, 4.69) is 4.72 Å². The van der Waals surface area contributed by atoms with Gasteiger partial charge in [0, 0.05) is 11.1 Å². The van der Waals surface area contributed by atoms with Gasteiger partial charge in [-0.25, -0.2) is 13.1 Å². The van der Waals surface area contributed by atoms with E-state index >= 15 is 0 Å². The molecule has 3 rings (SSSR count). The van der Waals surface area contributed by atoms with Gasteiger partial charge in [-0.2, -0.15) is 13.2 Å². The molecule has 9 heteroatoms. The molecule has 0 saturated carbocycles. The summed E-state index contributed by atoms with van der Waals surface area (Å²) in [5.74, 6) is 0. The second kappa shape index (κ2) is 7.26. The molecule has 26 heavy (non-hydrogen) atoms. The van der Waals surface area contributed by atoms with Crippen molar-refractivity contribution in [3.05, 3.63) is 76.2 Å². The molecule has 1 unspecified atom stereocenters. The third kappa shape index (κ3) is 4.35. The summed E-state index contributed by atoms with van der Waals surface area (Å²) in [6.45, 7) is 0. The van der Waals surface area contributed by atoms with Gasteiger partial charge in [0.25, 0.3) is 0 Å². The summed E-state index contributed by atoms with van der Waals surface area (Å²) in [6, 6.07) is 12.9. The lowest BCUT2D eigenvalue weighted by molar-refractivity contribution is -0.140. The fourth-order valence-corrected chi connectivity index (χ4v) is 4.55. The van der Waals surface area contributed by atoms with Gasteiger partial charge in [0.05, 0.1) is 6.04 Å². The van der Waals surface area contributed by atoms with Crippen molar-refractivity contribution in [3.8, 4) is 0 Å². The van der Waals surface area contributed by atoms with Crippen molar-refractivity contribution in [3.63, 3.8) is 0 Å². The molecule has 0 amide bonds. The van der Waals surface area contributed by atoms with Crippen molar-refractivity contribution < 1.29 is 21.6 Å². The van der Waals surface area contributed by atoms with Gasteiger partial charge in [0.2, 0.25) is 10.0 Å². The third-order valence-corrected chi connectivity index (χ3v) is 6.18. The van der Waals surface area contributed by atoms with E-state index in [0.29, 0.717) is 12.5 Å². The minimum Gasteiger partial charge on any atom is -0.356 e. The fraction of sp³-hybridized carbons (Fsp3) is 0.176. The van der Waals surface area contributed by atoms with Crippen LogP contribution in [0.5, 0.6) is 0 Å². The SMILES string of the molecule is O=S(=O)(NC(Cc1ccccc1)c1cccs1)c1c[nH]c(C(F)(F)F)c1. The highest BCUT2D eigenvalue weighted by Gasteiger charge is 2.34. The van der Waals surface area contributed by atoms with Crippen LogP contribution in [0, 0.1) is 0 Å². The Morgan fingerprint density at radius 2 is 1.85 bits per heavy atom. The smallest absolute Gasteiger partial charge is 0.356 e. The Bertz CT molecular complexity index is 950. The van der Waals surface area contributed by atoms with E-state index in [4.69, 9.17) is 0 Å². The summed E-state index contributed by atoms with van der Waals surface area (Å²) in [4.78, 5) is 2.30. The first-order chi connectivity index (χ1) is 12.3. The predicted molar refractivity (Wildman–Crippen MR) is 93.3 cm³/mol. The van der Waals surface area contributed by atoms with Crippen LogP contribution in [0.2, 0.25) is 0 Å². The molecule has 0 aliphatic carbocycles. The lowest BCUT2D eigenvalue weighted by Crippen LogP contribution is -2.29. The Balaban J connectivity index is 1.87. The molecule has 0 spiro atoms. The van der Waals surface area contributed by atoms with Crippen LogP contribution in [0.4, 0.5) is 13.2 Å². The van der Waals surface area contributed by atoms with E-state index in [1.165, 1.54) is 11.3 Å². The van der Waals surface area contributed by atoms with Gasteiger partial charge in [-0.1, -0.05) is 36.4 Å². The van der Waals surface area contributed by atoms with Crippen molar-refractivity contribution in [1.82, 2.24) is 9.71 Å². The van der Waals surface area contributed by atoms with Gasteiger partial charge >= 0.3 is 6.18 Å². The second-order valence-electron chi connectivity index (χ2n) is 5.63. The summed E-state index contributed by atoms with van der Waals surface area (Å²) < 4.78 is 65.8. The van der Waals surface area contributed by atoms with Crippen LogP contribution in [0.1, 0.15) is 22.2 Å². The molecular weight excluding hydrogens is 385 g/mol. The van der Waals surface area contributed by atoms with Crippen LogP contribution in [0.3, 0.4) is 0 Å². The number of hydrogen-bond acceptors (Lipinski definition) is 3. The van der Waals surface area contributed by atoms with E-state index in [1.54, 1.807) is 12.1 Å². The second-order valence-corrected chi connectivity index (χ2v) is 8.32. The average molecular weight is 400 g/mol. The number of sulfonamides is 1. The highest BCUT2D eigenvalue weighted by atomic mass is 32.2. The number of nitrogens with one attached hydrogen (secondary N) is 2. The van der Waals surface area contributed by atoms with E-state index in [0.717, 1.165) is 16.6 Å². The zero-order valence-corrected chi connectivity index (χ0v) is 15.0. The maximum atomic E-state index is 12.7. The van der Waals surface area contributed by atoms with Crippen LogP contribution in [-0.4, -0.2) is 13.4 Å². The first kappa shape index (κ1) is 18.7. The Hall–Kier alpha value is -2.10. The summed E-state index contributed by atoms with van der Waals surface area (Å²) in [5.41, 5.74) is -0.188. The number of H-pyrrole nitrogens is 1. The summed E-state index contributed by atoms with van der Waals surface area (Å²) in [7, 11) is -4.12. The zero-order valence-electron chi connectivity index (χ0n) is 13.3. The molecule has 3 aromatic rings. The maximum absolute atomic E-state index is 12.7. The number of aromatic nitrogens is 1. The normalized spacial score (nSPS) is 13.7. The summed E-state index contributed by atoms with van der Waals surface area (Å²) >= 11 is 1.38. The van der Waals surface area contributed by atoms with Crippen molar-refractivity contribution in [1.29, 1.82) is 0 Å². The number of rotatable bonds is 6. The lowest BCUT2D eigenvalue weighted by Gasteiger charge is -2.17. The van der Waals surface area contributed by atoms with Gasteiger partial charge in [-0.3, -0.25) is 0 Å². The van der Waals surface area contributed by atoms with Gasteiger partial charge in [0.15, 0.2) is 0 Å². The topological polar surface area (TPSA) is 62.0 Å². The number of benzene rings is 1. The van der Waals surface area contributed by atoms with Gasteiger partial charge in [0.1, 0.15) is 10.6 Å². The molecule has 2 aromatic heterocycles. The Labute approximate surface area is 152 Å². The van der Waals surface area contributed by atoms with Crippen molar-refractivity contribution in [2.45, 2.75) is 23.5 Å². The van der Waals surface area contributed by atoms with Crippen molar-refractivity contribution in [2.75, 3.05) is 0 Å². The first-order valence-electron chi connectivity index (χ1n) is 7.61. The molecule has 2 N–H and O–H groups in total. The summed E-state index contributed by atoms with van der Waals surface area (Å²) in [5, 5.41) is 1.82. The Kier molecular flexibility index (Phi) is 5.22. The van der Waals surface area contributed by atoms with Crippen LogP contribution < -0.4 is 4.72 Å². The summed E-state index contributed by atoms with van der Waals surface area (Å²) in [6.07, 6.45) is -3.40.